The largest absolute Gasteiger partial charge is 0.363 e. The number of amidine groups is 1. The molecular weight excluding hydrogens is 292 g/mol. The summed E-state index contributed by atoms with van der Waals surface area (Å²) < 4.78 is 0. The summed E-state index contributed by atoms with van der Waals surface area (Å²) in [5.41, 5.74) is 3.33. The van der Waals surface area contributed by atoms with Crippen molar-refractivity contribution in [2.24, 2.45) is 10.4 Å². The number of hydrogen-bond donors (Lipinski definition) is 0. The SMILES string of the molecule is CCC(CC)(CC)CCc1ccc(C(C)/N=C2\CCCN2C)cc1. The van der Waals surface area contributed by atoms with Gasteiger partial charge in [-0.1, -0.05) is 64.3 Å². The van der Waals surface area contributed by atoms with Crippen molar-refractivity contribution < 1.29 is 0 Å². The summed E-state index contributed by atoms with van der Waals surface area (Å²) >= 11 is 0. The highest BCUT2D eigenvalue weighted by molar-refractivity contribution is 5.84. The minimum absolute atomic E-state index is 0.260. The van der Waals surface area contributed by atoms with Crippen molar-refractivity contribution >= 4 is 5.84 Å². The quantitative estimate of drug-likeness (QED) is 0.569. The highest BCUT2D eigenvalue weighted by Gasteiger charge is 2.23. The molecule has 0 N–H and O–H groups in total. The molecule has 0 radical (unpaired) electrons. The van der Waals surface area contributed by atoms with Crippen LogP contribution in [0.15, 0.2) is 29.3 Å². The Balaban J connectivity index is 1.97. The second-order valence-corrected chi connectivity index (χ2v) is 7.55. The van der Waals surface area contributed by atoms with Gasteiger partial charge < -0.3 is 4.90 Å². The molecule has 2 rings (SSSR count). The van der Waals surface area contributed by atoms with Crippen LogP contribution in [-0.2, 0) is 6.42 Å². The first-order valence-corrected chi connectivity index (χ1v) is 9.90. The van der Waals surface area contributed by atoms with Gasteiger partial charge in [-0.05, 0) is 42.7 Å². The van der Waals surface area contributed by atoms with Crippen LogP contribution in [0.5, 0.6) is 0 Å². The number of aliphatic imine (C=N–C) groups is 1. The van der Waals surface area contributed by atoms with Crippen LogP contribution in [-0.4, -0.2) is 24.3 Å². The van der Waals surface area contributed by atoms with Crippen LogP contribution in [0.1, 0.15) is 83.4 Å². The van der Waals surface area contributed by atoms with E-state index in [1.54, 1.807) is 0 Å². The van der Waals surface area contributed by atoms with Gasteiger partial charge in [0.25, 0.3) is 0 Å². The van der Waals surface area contributed by atoms with E-state index in [0.717, 1.165) is 13.0 Å². The molecule has 1 aromatic rings. The third-order valence-electron chi connectivity index (χ3n) is 6.33. The van der Waals surface area contributed by atoms with Gasteiger partial charge in [-0.25, -0.2) is 0 Å². The van der Waals surface area contributed by atoms with Crippen molar-refractivity contribution in [3.63, 3.8) is 0 Å². The molecule has 1 unspecified atom stereocenters. The van der Waals surface area contributed by atoms with E-state index in [9.17, 15) is 0 Å². The van der Waals surface area contributed by atoms with Gasteiger partial charge in [0.2, 0.25) is 0 Å². The molecule has 1 aliphatic heterocycles. The molecule has 1 aromatic carbocycles. The van der Waals surface area contributed by atoms with Gasteiger partial charge in [0.05, 0.1) is 11.9 Å². The summed E-state index contributed by atoms with van der Waals surface area (Å²) in [5.74, 6) is 1.27. The zero-order valence-electron chi connectivity index (χ0n) is 16.4. The first-order valence-electron chi connectivity index (χ1n) is 9.90. The molecule has 0 aliphatic carbocycles. The highest BCUT2D eigenvalue weighted by Crippen LogP contribution is 2.35. The number of benzene rings is 1. The fraction of sp³-hybridized carbons (Fsp3) is 0.682. The summed E-state index contributed by atoms with van der Waals surface area (Å²) in [4.78, 5) is 7.22. The average molecular weight is 329 g/mol. The van der Waals surface area contributed by atoms with E-state index in [1.165, 1.54) is 55.5 Å². The molecule has 134 valence electrons. The highest BCUT2D eigenvalue weighted by atomic mass is 15.2. The zero-order valence-corrected chi connectivity index (χ0v) is 16.4. The van der Waals surface area contributed by atoms with Gasteiger partial charge in [-0.2, -0.15) is 0 Å². The van der Waals surface area contributed by atoms with Gasteiger partial charge in [0.15, 0.2) is 0 Å². The first-order chi connectivity index (χ1) is 11.5. The Morgan fingerprint density at radius 2 is 1.71 bits per heavy atom. The second kappa shape index (κ2) is 8.69. The predicted molar refractivity (Wildman–Crippen MR) is 106 cm³/mol. The molecule has 2 nitrogen and oxygen atoms in total. The topological polar surface area (TPSA) is 15.6 Å². The Bertz CT molecular complexity index is 517. The molecule has 1 fully saturated rings. The molecule has 1 aliphatic rings. The van der Waals surface area contributed by atoms with E-state index in [2.05, 4.69) is 63.9 Å². The molecule has 0 bridgehead atoms. The van der Waals surface area contributed by atoms with E-state index >= 15 is 0 Å². The van der Waals surface area contributed by atoms with Crippen LogP contribution < -0.4 is 0 Å². The third-order valence-corrected chi connectivity index (χ3v) is 6.33. The molecule has 2 heteroatoms. The van der Waals surface area contributed by atoms with E-state index in [1.807, 2.05) is 0 Å². The molecule has 1 heterocycles. The average Bonchev–Trinajstić information content (AvgIpc) is 3.02. The smallest absolute Gasteiger partial charge is 0.0994 e. The molecule has 0 amide bonds. The summed E-state index contributed by atoms with van der Waals surface area (Å²) in [6.45, 7) is 10.4. The number of nitrogens with zero attached hydrogens (tertiary/aromatic N) is 2. The first kappa shape index (κ1) is 19.0. The lowest BCUT2D eigenvalue weighted by Gasteiger charge is -2.30. The summed E-state index contributed by atoms with van der Waals surface area (Å²) in [5, 5.41) is 0. The molecule has 1 saturated heterocycles. The maximum atomic E-state index is 4.92. The Labute approximate surface area is 149 Å². The Morgan fingerprint density at radius 1 is 1.08 bits per heavy atom. The van der Waals surface area contributed by atoms with Crippen molar-refractivity contribution in [1.29, 1.82) is 0 Å². The van der Waals surface area contributed by atoms with Crippen molar-refractivity contribution in [3.05, 3.63) is 35.4 Å². The molecule has 1 atom stereocenters. The van der Waals surface area contributed by atoms with Crippen molar-refractivity contribution in [1.82, 2.24) is 4.90 Å². The molecule has 0 saturated carbocycles. The monoisotopic (exact) mass is 328 g/mol. The second-order valence-electron chi connectivity index (χ2n) is 7.55. The van der Waals surface area contributed by atoms with E-state index < -0.39 is 0 Å². The van der Waals surface area contributed by atoms with E-state index in [4.69, 9.17) is 4.99 Å². The minimum Gasteiger partial charge on any atom is -0.363 e. The molecule has 24 heavy (non-hydrogen) atoms. The van der Waals surface area contributed by atoms with Gasteiger partial charge in [0, 0.05) is 20.0 Å². The van der Waals surface area contributed by atoms with E-state index in [-0.39, 0.29) is 6.04 Å². The third kappa shape index (κ3) is 4.62. The zero-order chi connectivity index (χ0) is 17.6. The lowest BCUT2D eigenvalue weighted by Crippen LogP contribution is -2.19. The number of hydrogen-bond acceptors (Lipinski definition) is 1. The lowest BCUT2D eigenvalue weighted by molar-refractivity contribution is 0.229. The predicted octanol–water partition coefficient (Wildman–Crippen LogP) is 6.02. The Hall–Kier alpha value is -1.31. The van der Waals surface area contributed by atoms with Crippen LogP contribution in [0.3, 0.4) is 0 Å². The maximum Gasteiger partial charge on any atom is 0.0994 e. The summed E-state index contributed by atoms with van der Waals surface area (Å²) in [7, 11) is 2.16. The molecule has 0 aromatic heterocycles. The van der Waals surface area contributed by atoms with Crippen molar-refractivity contribution in [2.45, 2.75) is 78.7 Å². The fourth-order valence-corrected chi connectivity index (χ4v) is 3.91. The minimum atomic E-state index is 0.260. The van der Waals surface area contributed by atoms with E-state index in [0.29, 0.717) is 5.41 Å². The van der Waals surface area contributed by atoms with Gasteiger partial charge in [-0.3, -0.25) is 4.99 Å². The summed E-state index contributed by atoms with van der Waals surface area (Å²) in [6, 6.07) is 9.46. The molecular formula is C22H36N2. The molecule has 0 spiro atoms. The number of likely N-dealkylation sites (tertiary alicyclic amines) is 1. The summed E-state index contributed by atoms with van der Waals surface area (Å²) in [6.07, 6.45) is 8.75. The van der Waals surface area contributed by atoms with Crippen molar-refractivity contribution in [2.75, 3.05) is 13.6 Å². The van der Waals surface area contributed by atoms with Crippen LogP contribution in [0.2, 0.25) is 0 Å². The van der Waals surface area contributed by atoms with Crippen LogP contribution in [0.4, 0.5) is 0 Å². The standard InChI is InChI=1S/C22H36N2/c1-6-22(7-2,8-3)16-15-19-11-13-20(14-12-19)18(4)23-21-10-9-17-24(21)5/h11-14,18H,6-10,15-17H2,1-5H3/b23-21+. The van der Waals surface area contributed by atoms with Crippen LogP contribution >= 0.6 is 0 Å². The van der Waals surface area contributed by atoms with Crippen molar-refractivity contribution in [3.8, 4) is 0 Å². The number of aryl methyl sites for hydroxylation is 1. The van der Waals surface area contributed by atoms with Crippen LogP contribution in [0, 0.1) is 5.41 Å². The fourth-order valence-electron chi connectivity index (χ4n) is 3.91. The number of rotatable bonds is 8. The Morgan fingerprint density at radius 3 is 2.21 bits per heavy atom. The van der Waals surface area contributed by atoms with Gasteiger partial charge >= 0.3 is 0 Å². The lowest BCUT2D eigenvalue weighted by atomic mass is 9.75. The van der Waals surface area contributed by atoms with Gasteiger partial charge in [-0.15, -0.1) is 0 Å². The van der Waals surface area contributed by atoms with Gasteiger partial charge in [0.1, 0.15) is 0 Å². The van der Waals surface area contributed by atoms with Crippen LogP contribution in [0.25, 0.3) is 0 Å². The Kier molecular flexibility index (Phi) is 6.89. The normalized spacial score (nSPS) is 18.4. The maximum absolute atomic E-state index is 4.92.